The Morgan fingerprint density at radius 2 is 1.93 bits per heavy atom. The summed E-state index contributed by atoms with van der Waals surface area (Å²) in [5.41, 5.74) is 1.09. The van der Waals surface area contributed by atoms with Crippen molar-refractivity contribution in [1.82, 2.24) is 10.2 Å². The van der Waals surface area contributed by atoms with Crippen molar-refractivity contribution >= 4 is 29.9 Å². The van der Waals surface area contributed by atoms with Crippen molar-refractivity contribution in [2.75, 3.05) is 18.5 Å². The Morgan fingerprint density at radius 1 is 1.26 bits per heavy atom. The number of halogens is 2. The maximum Gasteiger partial charge on any atom is 0.228 e. The maximum atomic E-state index is 14.3. The second-order valence-electron chi connectivity index (χ2n) is 8.07. The number of carbonyl (C=O) groups excluding carboxylic acids is 2. The highest BCUT2D eigenvalue weighted by molar-refractivity contribution is 6.00. The number of piperidine rings is 1. The van der Waals surface area contributed by atoms with Gasteiger partial charge in [0.15, 0.2) is 0 Å². The first-order valence-electron chi connectivity index (χ1n) is 9.51. The summed E-state index contributed by atoms with van der Waals surface area (Å²) in [4.78, 5) is 28.7. The average Bonchev–Trinajstić information content (AvgIpc) is 3.15. The summed E-state index contributed by atoms with van der Waals surface area (Å²) >= 11 is 0. The third-order valence-corrected chi connectivity index (χ3v) is 6.21. The largest absolute Gasteiger partial charge is 0.342 e. The minimum Gasteiger partial charge on any atom is -0.342 e. The molecule has 148 valence electrons. The van der Waals surface area contributed by atoms with Crippen LogP contribution < -0.4 is 10.2 Å². The monoisotopic (exact) mass is 395 g/mol. The lowest BCUT2D eigenvalue weighted by molar-refractivity contribution is -0.137. The molecule has 3 atom stereocenters. The number of carbonyl (C=O) groups is 2. The maximum absolute atomic E-state index is 14.3. The van der Waals surface area contributed by atoms with E-state index in [-0.39, 0.29) is 54.8 Å². The van der Waals surface area contributed by atoms with Crippen molar-refractivity contribution in [1.29, 1.82) is 0 Å². The Bertz CT molecular complexity index is 732. The molecule has 1 N–H and O–H groups in total. The lowest BCUT2D eigenvalue weighted by Crippen LogP contribution is -2.50. The van der Waals surface area contributed by atoms with Gasteiger partial charge in [-0.1, -0.05) is 6.07 Å². The smallest absolute Gasteiger partial charge is 0.228 e. The average molecular weight is 396 g/mol. The van der Waals surface area contributed by atoms with Crippen LogP contribution in [0.25, 0.3) is 0 Å². The van der Waals surface area contributed by atoms with Crippen LogP contribution in [0.5, 0.6) is 0 Å². The molecule has 27 heavy (non-hydrogen) atoms. The zero-order valence-electron chi connectivity index (χ0n) is 15.8. The number of amides is 2. The van der Waals surface area contributed by atoms with E-state index < -0.39 is 5.82 Å². The summed E-state index contributed by atoms with van der Waals surface area (Å²) in [5.74, 6) is -0.958. The number of benzene rings is 1. The molecule has 3 aliphatic heterocycles. The van der Waals surface area contributed by atoms with E-state index in [0.29, 0.717) is 12.1 Å². The van der Waals surface area contributed by atoms with Crippen molar-refractivity contribution in [2.45, 2.75) is 57.2 Å². The molecule has 3 heterocycles. The predicted octanol–water partition coefficient (Wildman–Crippen LogP) is 2.65. The second-order valence-corrected chi connectivity index (χ2v) is 8.07. The number of aryl methyl sites for hydroxylation is 1. The zero-order valence-corrected chi connectivity index (χ0v) is 16.6. The molecule has 2 amide bonds. The molecule has 3 saturated heterocycles. The molecule has 5 nitrogen and oxygen atoms in total. The molecule has 3 fully saturated rings. The van der Waals surface area contributed by atoms with Gasteiger partial charge in [-0.3, -0.25) is 9.59 Å². The molecule has 7 heteroatoms. The van der Waals surface area contributed by atoms with Gasteiger partial charge in [0.05, 0.1) is 11.6 Å². The van der Waals surface area contributed by atoms with Crippen LogP contribution in [0.1, 0.15) is 37.7 Å². The Balaban J connectivity index is 0.00000210. The summed E-state index contributed by atoms with van der Waals surface area (Å²) < 4.78 is 14.3. The molecule has 0 radical (unpaired) electrons. The number of hydrogen-bond donors (Lipinski definition) is 1. The quantitative estimate of drug-likeness (QED) is 0.856. The number of nitrogens with one attached hydrogen (secondary N) is 1. The van der Waals surface area contributed by atoms with Crippen molar-refractivity contribution in [2.24, 2.45) is 5.92 Å². The normalized spacial score (nSPS) is 29.6. The highest BCUT2D eigenvalue weighted by Crippen LogP contribution is 2.32. The summed E-state index contributed by atoms with van der Waals surface area (Å²) in [5, 5.41) is 3.59. The van der Waals surface area contributed by atoms with Crippen molar-refractivity contribution in [3.8, 4) is 0 Å². The number of anilines is 1. The number of hydrogen-bond acceptors (Lipinski definition) is 3. The highest BCUT2D eigenvalue weighted by Gasteiger charge is 2.41. The van der Waals surface area contributed by atoms with E-state index >= 15 is 0 Å². The first kappa shape index (κ1) is 20.1. The molecule has 4 rings (SSSR count). The molecule has 0 aromatic heterocycles. The third kappa shape index (κ3) is 3.83. The Hall–Kier alpha value is -1.66. The molecule has 3 unspecified atom stereocenters. The van der Waals surface area contributed by atoms with E-state index in [9.17, 15) is 14.0 Å². The lowest BCUT2D eigenvalue weighted by Gasteiger charge is -2.36. The summed E-state index contributed by atoms with van der Waals surface area (Å²) in [6.07, 6.45) is 4.50. The van der Waals surface area contributed by atoms with Crippen LogP contribution in [0.4, 0.5) is 10.1 Å². The molecule has 0 spiro atoms. The van der Waals surface area contributed by atoms with Crippen molar-refractivity contribution in [3.05, 3.63) is 29.6 Å². The van der Waals surface area contributed by atoms with Gasteiger partial charge in [-0.2, -0.15) is 0 Å². The molecular weight excluding hydrogens is 369 g/mol. The van der Waals surface area contributed by atoms with Crippen LogP contribution in [0.15, 0.2) is 18.2 Å². The highest BCUT2D eigenvalue weighted by atomic mass is 35.5. The first-order chi connectivity index (χ1) is 12.4. The van der Waals surface area contributed by atoms with Gasteiger partial charge in [0, 0.05) is 38.1 Å². The van der Waals surface area contributed by atoms with Crippen LogP contribution in [-0.4, -0.2) is 48.4 Å². The minimum absolute atomic E-state index is 0. The van der Waals surface area contributed by atoms with Crippen molar-refractivity contribution in [3.63, 3.8) is 0 Å². The summed E-state index contributed by atoms with van der Waals surface area (Å²) in [6.45, 7) is 2.08. The predicted molar refractivity (Wildman–Crippen MR) is 105 cm³/mol. The van der Waals surface area contributed by atoms with E-state index in [1.165, 1.54) is 23.8 Å². The summed E-state index contributed by atoms with van der Waals surface area (Å²) in [6, 6.07) is 6.10. The van der Waals surface area contributed by atoms with E-state index in [1.54, 1.807) is 12.1 Å². The van der Waals surface area contributed by atoms with Crippen LogP contribution >= 0.6 is 12.4 Å². The van der Waals surface area contributed by atoms with Gasteiger partial charge >= 0.3 is 0 Å². The summed E-state index contributed by atoms with van der Waals surface area (Å²) in [7, 11) is 1.86. The molecule has 1 aromatic rings. The van der Waals surface area contributed by atoms with E-state index in [1.807, 2.05) is 18.9 Å². The van der Waals surface area contributed by atoms with Gasteiger partial charge in [-0.25, -0.2) is 4.39 Å². The molecule has 0 saturated carbocycles. The lowest BCUT2D eigenvalue weighted by atomic mass is 9.97. The van der Waals surface area contributed by atoms with Gasteiger partial charge in [0.25, 0.3) is 0 Å². The molecule has 3 aliphatic rings. The van der Waals surface area contributed by atoms with Crippen LogP contribution in [0, 0.1) is 18.7 Å². The van der Waals surface area contributed by atoms with Crippen LogP contribution in [0.3, 0.4) is 0 Å². The molecule has 2 bridgehead atoms. The minimum atomic E-state index is -0.408. The SMILES string of the molecule is Cc1ccc(N2CC(C(=O)N(C)C3CC4CCC(C3)N4)CC2=O)c(F)c1.Cl. The Kier molecular flexibility index (Phi) is 5.77. The fraction of sp³-hybridized carbons (Fsp3) is 0.600. The third-order valence-electron chi connectivity index (χ3n) is 6.21. The number of rotatable bonds is 3. The van der Waals surface area contributed by atoms with Gasteiger partial charge in [-0.05, 0) is 50.3 Å². The Morgan fingerprint density at radius 3 is 2.56 bits per heavy atom. The number of fused-ring (bicyclic) bond motifs is 2. The molecule has 0 aliphatic carbocycles. The fourth-order valence-corrected chi connectivity index (χ4v) is 4.75. The standard InChI is InChI=1S/C20H26FN3O2.ClH/c1-12-3-6-18(17(21)7-12)24-11-13(8-19(24)25)20(26)23(2)16-9-14-4-5-15(10-16)22-14;/h3,6-7,13-16,22H,4-5,8-11H2,1-2H3;1H. The van der Waals surface area contributed by atoms with E-state index in [2.05, 4.69) is 5.32 Å². The van der Waals surface area contributed by atoms with Gasteiger partial charge < -0.3 is 15.1 Å². The van der Waals surface area contributed by atoms with Crippen molar-refractivity contribution < 1.29 is 14.0 Å². The van der Waals surface area contributed by atoms with E-state index in [4.69, 9.17) is 0 Å². The fourth-order valence-electron chi connectivity index (χ4n) is 4.75. The molecular formula is C20H27ClFN3O2. The molecule has 1 aromatic carbocycles. The zero-order chi connectivity index (χ0) is 18.4. The Labute approximate surface area is 165 Å². The van der Waals surface area contributed by atoms with Gasteiger partial charge in [0.1, 0.15) is 5.82 Å². The first-order valence-corrected chi connectivity index (χ1v) is 9.51. The van der Waals surface area contributed by atoms with Gasteiger partial charge in [0.2, 0.25) is 11.8 Å². The van der Waals surface area contributed by atoms with Crippen LogP contribution in [0.2, 0.25) is 0 Å². The number of nitrogens with zero attached hydrogens (tertiary/aromatic N) is 2. The second kappa shape index (κ2) is 7.76. The van der Waals surface area contributed by atoms with Gasteiger partial charge in [-0.15, -0.1) is 12.4 Å². The van der Waals surface area contributed by atoms with E-state index in [0.717, 1.165) is 18.4 Å². The topological polar surface area (TPSA) is 52.7 Å². The van der Waals surface area contributed by atoms with Crippen LogP contribution in [-0.2, 0) is 9.59 Å².